The van der Waals surface area contributed by atoms with Crippen molar-refractivity contribution in [3.63, 3.8) is 0 Å². The Morgan fingerprint density at radius 3 is 1.92 bits per heavy atom. The average Bonchev–Trinajstić information content (AvgIpc) is 1.83. The Morgan fingerprint density at radius 2 is 1.67 bits per heavy atom. The summed E-state index contributed by atoms with van der Waals surface area (Å²) < 4.78 is 40.0. The Labute approximate surface area is 114 Å². The van der Waals surface area contributed by atoms with E-state index in [1.54, 1.807) is 13.8 Å². The molecule has 0 aromatic rings. The molecule has 0 bridgehead atoms. The average molecular weight is 208 g/mol. The van der Waals surface area contributed by atoms with Gasteiger partial charge in [-0.25, -0.2) is 0 Å². The molecular formula is C6H13BF3KO. The zero-order valence-corrected chi connectivity index (χ0v) is 11.2. The first-order valence-electron chi connectivity index (χ1n) is 3.53. The summed E-state index contributed by atoms with van der Waals surface area (Å²) in [5, 5.41) is 0. The molecule has 68 valence electrons. The van der Waals surface area contributed by atoms with E-state index in [0.29, 0.717) is 0 Å². The van der Waals surface area contributed by atoms with Gasteiger partial charge in [-0.15, -0.1) is 0 Å². The van der Waals surface area contributed by atoms with E-state index in [4.69, 9.17) is 4.74 Å². The molecule has 0 rings (SSSR count). The fraction of sp³-hybridized carbons (Fsp3) is 1.00. The molecule has 0 spiro atoms. The van der Waals surface area contributed by atoms with Crippen molar-refractivity contribution in [1.29, 1.82) is 0 Å². The number of rotatable bonds is 4. The number of ether oxygens (including phenoxy) is 1. The van der Waals surface area contributed by atoms with Crippen LogP contribution in [-0.2, 0) is 4.74 Å². The molecule has 0 aliphatic rings. The molecule has 0 aliphatic heterocycles. The minimum absolute atomic E-state index is 0. The van der Waals surface area contributed by atoms with Crippen molar-refractivity contribution in [2.45, 2.75) is 32.2 Å². The first-order valence-corrected chi connectivity index (χ1v) is 3.53. The van der Waals surface area contributed by atoms with Gasteiger partial charge in [0.1, 0.15) is 0 Å². The van der Waals surface area contributed by atoms with Crippen LogP contribution in [0.1, 0.15) is 20.3 Å². The number of hydrogen-bond acceptors (Lipinski definition) is 1. The molecule has 0 amide bonds. The molecule has 0 saturated heterocycles. The van der Waals surface area contributed by atoms with Crippen LogP contribution in [0.15, 0.2) is 0 Å². The quantitative estimate of drug-likeness (QED) is 0.574. The molecule has 0 aliphatic carbocycles. The van der Waals surface area contributed by atoms with Crippen molar-refractivity contribution < 1.29 is 69.1 Å². The molecule has 0 radical (unpaired) electrons. The summed E-state index contributed by atoms with van der Waals surface area (Å²) in [4.78, 5) is 0. The van der Waals surface area contributed by atoms with Gasteiger partial charge in [0, 0.05) is 7.11 Å². The second kappa shape index (κ2) is 6.03. The largest absolute Gasteiger partial charge is 1.00 e. The van der Waals surface area contributed by atoms with Crippen molar-refractivity contribution in [3.8, 4) is 0 Å². The van der Waals surface area contributed by atoms with Crippen LogP contribution < -0.4 is 51.4 Å². The molecule has 0 aromatic heterocycles. The van der Waals surface area contributed by atoms with E-state index in [9.17, 15) is 12.9 Å². The molecule has 1 nitrogen and oxygen atoms in total. The van der Waals surface area contributed by atoms with Gasteiger partial charge >= 0.3 is 58.4 Å². The van der Waals surface area contributed by atoms with Gasteiger partial charge in [-0.2, -0.15) is 0 Å². The summed E-state index contributed by atoms with van der Waals surface area (Å²) in [5.41, 5.74) is -0.655. The van der Waals surface area contributed by atoms with E-state index in [1.807, 2.05) is 0 Å². The van der Waals surface area contributed by atoms with Gasteiger partial charge in [-0.3, -0.25) is 0 Å². The van der Waals surface area contributed by atoms with Crippen LogP contribution >= 0.6 is 0 Å². The molecule has 12 heavy (non-hydrogen) atoms. The van der Waals surface area contributed by atoms with Crippen molar-refractivity contribution in [2.24, 2.45) is 0 Å². The Morgan fingerprint density at radius 1 is 1.25 bits per heavy atom. The summed E-state index contributed by atoms with van der Waals surface area (Å²) in [6, 6.07) is 0. The maximum atomic E-state index is 11.7. The fourth-order valence-corrected chi connectivity index (χ4v) is 0.613. The summed E-state index contributed by atoms with van der Waals surface area (Å²) in [5.74, 6) is 0. The van der Waals surface area contributed by atoms with Crippen molar-refractivity contribution in [3.05, 3.63) is 0 Å². The van der Waals surface area contributed by atoms with Crippen molar-refractivity contribution in [1.82, 2.24) is 0 Å². The van der Waals surface area contributed by atoms with Crippen molar-refractivity contribution >= 4 is 6.98 Å². The number of methoxy groups -OCH3 is 1. The number of halogens is 3. The number of hydrogen-bond donors (Lipinski definition) is 0. The van der Waals surface area contributed by atoms with E-state index >= 15 is 0 Å². The van der Waals surface area contributed by atoms with E-state index < -0.39 is 18.9 Å². The predicted octanol–water partition coefficient (Wildman–Crippen LogP) is -0.347. The van der Waals surface area contributed by atoms with Gasteiger partial charge in [-0.1, -0.05) is 6.32 Å². The smallest absolute Gasteiger partial charge is 0.449 e. The Bertz CT molecular complexity index is 126. The van der Waals surface area contributed by atoms with Gasteiger partial charge in [0.05, 0.1) is 5.60 Å². The van der Waals surface area contributed by atoms with Gasteiger partial charge < -0.3 is 17.7 Å². The molecule has 0 saturated carbocycles. The second-order valence-electron chi connectivity index (χ2n) is 3.21. The summed E-state index contributed by atoms with van der Waals surface area (Å²) in [7, 11) is 1.42. The molecule has 0 heterocycles. The van der Waals surface area contributed by atoms with Crippen LogP contribution in [0.4, 0.5) is 12.9 Å². The van der Waals surface area contributed by atoms with E-state index in [1.165, 1.54) is 7.11 Å². The Hall–Kier alpha value is 1.45. The standard InChI is InChI=1S/C6H13BF3O.K/c1-6(2,11-3)4-5-7(8,9)10;/h4-5H2,1-3H3;/q-1;+1. The molecular weight excluding hydrogens is 195 g/mol. The molecule has 6 heteroatoms. The fourth-order valence-electron chi connectivity index (χ4n) is 0.613. The maximum absolute atomic E-state index is 11.7. The predicted molar refractivity (Wildman–Crippen MR) is 39.6 cm³/mol. The minimum Gasteiger partial charge on any atom is -0.449 e. The summed E-state index contributed by atoms with van der Waals surface area (Å²) in [6.45, 7) is -1.36. The Kier molecular flexibility index (Phi) is 8.00. The Balaban J connectivity index is 0. The third-order valence-corrected chi connectivity index (χ3v) is 1.63. The second-order valence-corrected chi connectivity index (χ2v) is 3.21. The zero-order chi connectivity index (χ0) is 9.12. The van der Waals surface area contributed by atoms with Gasteiger partial charge in [0.15, 0.2) is 0 Å². The zero-order valence-electron chi connectivity index (χ0n) is 8.03. The van der Waals surface area contributed by atoms with Gasteiger partial charge in [0.25, 0.3) is 0 Å². The minimum atomic E-state index is -4.65. The molecule has 0 aromatic carbocycles. The third-order valence-electron chi connectivity index (χ3n) is 1.63. The maximum Gasteiger partial charge on any atom is 1.00 e. The first-order chi connectivity index (χ1) is 4.77. The SMILES string of the molecule is COC(C)(C)CC[B-](F)(F)F.[K+]. The van der Waals surface area contributed by atoms with Crippen LogP contribution in [0.3, 0.4) is 0 Å². The van der Waals surface area contributed by atoms with E-state index in [-0.39, 0.29) is 57.8 Å². The van der Waals surface area contributed by atoms with Crippen molar-refractivity contribution in [2.75, 3.05) is 7.11 Å². The monoisotopic (exact) mass is 208 g/mol. The van der Waals surface area contributed by atoms with Crippen LogP contribution in [0.25, 0.3) is 0 Å². The molecule has 0 atom stereocenters. The van der Waals surface area contributed by atoms with Crippen LogP contribution in [0, 0.1) is 0 Å². The topological polar surface area (TPSA) is 9.23 Å². The summed E-state index contributed by atoms with van der Waals surface area (Å²) >= 11 is 0. The first kappa shape index (κ1) is 15.9. The van der Waals surface area contributed by atoms with Gasteiger partial charge in [0.2, 0.25) is 0 Å². The van der Waals surface area contributed by atoms with E-state index in [0.717, 1.165) is 0 Å². The van der Waals surface area contributed by atoms with Crippen LogP contribution in [0.5, 0.6) is 0 Å². The van der Waals surface area contributed by atoms with E-state index in [2.05, 4.69) is 0 Å². The molecule has 0 unspecified atom stereocenters. The van der Waals surface area contributed by atoms with Gasteiger partial charge in [-0.05, 0) is 20.3 Å². The molecule has 0 N–H and O–H groups in total. The summed E-state index contributed by atoms with van der Waals surface area (Å²) in [6.07, 6.45) is -0.687. The van der Waals surface area contributed by atoms with Crippen LogP contribution in [0.2, 0.25) is 6.32 Å². The molecule has 0 fully saturated rings. The third kappa shape index (κ3) is 9.54. The van der Waals surface area contributed by atoms with Crippen LogP contribution in [-0.4, -0.2) is 19.7 Å². The normalized spacial score (nSPS) is 12.5.